The van der Waals surface area contributed by atoms with Gasteiger partial charge in [0.15, 0.2) is 0 Å². The van der Waals surface area contributed by atoms with Crippen LogP contribution in [0.5, 0.6) is 0 Å². The maximum absolute atomic E-state index is 5.84. The highest BCUT2D eigenvalue weighted by Gasteiger charge is 2.47. The molecule has 0 bridgehead atoms. The molecule has 2 aliphatic carbocycles. The first-order valence-electron chi connectivity index (χ1n) is 7.96. The molecule has 4 rings (SSSR count). The van der Waals surface area contributed by atoms with Crippen molar-refractivity contribution in [2.75, 3.05) is 0 Å². The van der Waals surface area contributed by atoms with Crippen LogP contribution in [0.3, 0.4) is 0 Å². The highest BCUT2D eigenvalue weighted by Crippen LogP contribution is 2.57. The summed E-state index contributed by atoms with van der Waals surface area (Å²) in [5, 5.41) is 0. The van der Waals surface area contributed by atoms with Gasteiger partial charge in [-0.2, -0.15) is 0 Å². The smallest absolute Gasteiger partial charge is 0.0488 e. The van der Waals surface area contributed by atoms with Crippen molar-refractivity contribution < 1.29 is 0 Å². The van der Waals surface area contributed by atoms with E-state index in [1.165, 1.54) is 36.0 Å². The van der Waals surface area contributed by atoms with Crippen LogP contribution in [0.1, 0.15) is 30.9 Å². The first-order valence-corrected chi connectivity index (χ1v) is 7.96. The standard InChI is InChI=1S/C19H22N2/c20-21-19(18-11-16-10-17(16)12-18)15-8-6-14(7-9-15)13-4-2-1-3-5-13/h1-9,16-19,21H,10-12,20H2. The summed E-state index contributed by atoms with van der Waals surface area (Å²) in [7, 11) is 0. The third kappa shape index (κ3) is 2.50. The molecule has 0 spiro atoms. The molecule has 0 saturated heterocycles. The number of hydrogen-bond acceptors (Lipinski definition) is 2. The van der Waals surface area contributed by atoms with Crippen LogP contribution in [-0.2, 0) is 0 Å². The molecule has 2 nitrogen and oxygen atoms in total. The minimum atomic E-state index is 0.308. The zero-order chi connectivity index (χ0) is 14.2. The number of hydrazine groups is 1. The fraction of sp³-hybridized carbons (Fsp3) is 0.368. The van der Waals surface area contributed by atoms with E-state index < -0.39 is 0 Å². The minimum Gasteiger partial charge on any atom is -0.271 e. The Morgan fingerprint density at radius 3 is 2.05 bits per heavy atom. The van der Waals surface area contributed by atoms with E-state index in [9.17, 15) is 0 Å². The van der Waals surface area contributed by atoms with Crippen molar-refractivity contribution in [3.8, 4) is 11.1 Å². The first kappa shape index (κ1) is 13.1. The molecule has 3 unspecified atom stereocenters. The normalized spacial score (nSPS) is 28.1. The topological polar surface area (TPSA) is 38.0 Å². The van der Waals surface area contributed by atoms with E-state index in [1.807, 2.05) is 0 Å². The van der Waals surface area contributed by atoms with Crippen LogP contribution in [0.25, 0.3) is 11.1 Å². The van der Waals surface area contributed by atoms with E-state index in [0.717, 1.165) is 11.8 Å². The summed E-state index contributed by atoms with van der Waals surface area (Å²) in [6, 6.07) is 19.7. The molecular formula is C19H22N2. The number of fused-ring (bicyclic) bond motifs is 1. The quantitative estimate of drug-likeness (QED) is 0.657. The van der Waals surface area contributed by atoms with Crippen molar-refractivity contribution in [1.29, 1.82) is 0 Å². The van der Waals surface area contributed by atoms with Gasteiger partial charge in [-0.05, 0) is 53.7 Å². The van der Waals surface area contributed by atoms with Gasteiger partial charge < -0.3 is 0 Å². The predicted octanol–water partition coefficient (Wildman–Crippen LogP) is 3.90. The van der Waals surface area contributed by atoms with Gasteiger partial charge in [-0.25, -0.2) is 0 Å². The van der Waals surface area contributed by atoms with Crippen molar-refractivity contribution in [2.24, 2.45) is 23.6 Å². The van der Waals surface area contributed by atoms with Gasteiger partial charge in [0, 0.05) is 6.04 Å². The fourth-order valence-corrected chi connectivity index (χ4v) is 4.05. The van der Waals surface area contributed by atoms with Gasteiger partial charge >= 0.3 is 0 Å². The van der Waals surface area contributed by atoms with Crippen LogP contribution in [0.2, 0.25) is 0 Å². The summed E-state index contributed by atoms with van der Waals surface area (Å²) in [6.07, 6.45) is 4.15. The maximum atomic E-state index is 5.84. The van der Waals surface area contributed by atoms with Crippen molar-refractivity contribution in [1.82, 2.24) is 5.43 Å². The lowest BCUT2D eigenvalue weighted by molar-refractivity contribution is 0.346. The zero-order valence-corrected chi connectivity index (χ0v) is 12.2. The highest BCUT2D eigenvalue weighted by molar-refractivity contribution is 5.63. The van der Waals surface area contributed by atoms with Crippen molar-refractivity contribution >= 4 is 0 Å². The number of benzene rings is 2. The molecule has 3 atom stereocenters. The molecular weight excluding hydrogens is 256 g/mol. The van der Waals surface area contributed by atoms with Crippen molar-refractivity contribution in [3.05, 3.63) is 60.2 Å². The van der Waals surface area contributed by atoms with Crippen LogP contribution in [0.15, 0.2) is 54.6 Å². The molecule has 108 valence electrons. The number of nitrogens with one attached hydrogen (secondary N) is 1. The minimum absolute atomic E-state index is 0.308. The monoisotopic (exact) mass is 278 g/mol. The van der Waals surface area contributed by atoms with E-state index in [1.54, 1.807) is 0 Å². The molecule has 0 radical (unpaired) electrons. The summed E-state index contributed by atoms with van der Waals surface area (Å²) < 4.78 is 0. The van der Waals surface area contributed by atoms with E-state index >= 15 is 0 Å². The van der Waals surface area contributed by atoms with E-state index in [0.29, 0.717) is 12.0 Å². The average Bonchev–Trinajstić information content (AvgIpc) is 3.16. The largest absolute Gasteiger partial charge is 0.271 e. The Kier molecular flexibility index (Phi) is 3.28. The molecule has 21 heavy (non-hydrogen) atoms. The molecule has 0 amide bonds. The predicted molar refractivity (Wildman–Crippen MR) is 86.3 cm³/mol. The van der Waals surface area contributed by atoms with E-state index in [2.05, 4.69) is 60.0 Å². The number of rotatable bonds is 4. The fourth-order valence-electron chi connectivity index (χ4n) is 4.05. The van der Waals surface area contributed by atoms with Gasteiger partial charge in [0.1, 0.15) is 0 Å². The van der Waals surface area contributed by atoms with Crippen LogP contribution < -0.4 is 11.3 Å². The second kappa shape index (κ2) is 5.28. The molecule has 2 aromatic rings. The van der Waals surface area contributed by atoms with Gasteiger partial charge in [0.05, 0.1) is 0 Å². The van der Waals surface area contributed by atoms with Crippen molar-refractivity contribution in [3.63, 3.8) is 0 Å². The Hall–Kier alpha value is -1.64. The number of nitrogens with two attached hydrogens (primary N) is 1. The third-order valence-corrected chi connectivity index (χ3v) is 5.31. The van der Waals surface area contributed by atoms with Crippen LogP contribution in [0.4, 0.5) is 0 Å². The van der Waals surface area contributed by atoms with Gasteiger partial charge in [0.25, 0.3) is 0 Å². The third-order valence-electron chi connectivity index (χ3n) is 5.31. The Labute approximate surface area is 126 Å². The van der Waals surface area contributed by atoms with Crippen LogP contribution in [0, 0.1) is 17.8 Å². The van der Waals surface area contributed by atoms with Gasteiger partial charge in [-0.3, -0.25) is 11.3 Å². The van der Waals surface area contributed by atoms with Crippen molar-refractivity contribution in [2.45, 2.75) is 25.3 Å². The lowest BCUT2D eigenvalue weighted by Gasteiger charge is -2.24. The molecule has 2 aliphatic rings. The number of hydrogen-bond donors (Lipinski definition) is 2. The molecule has 0 aliphatic heterocycles. The van der Waals surface area contributed by atoms with E-state index in [4.69, 9.17) is 5.84 Å². The molecule has 0 heterocycles. The average molecular weight is 278 g/mol. The molecule has 2 saturated carbocycles. The molecule has 0 aromatic heterocycles. The Morgan fingerprint density at radius 2 is 1.43 bits per heavy atom. The SMILES string of the molecule is NNC(c1ccc(-c2ccccc2)cc1)C1CC2CC2C1. The van der Waals surface area contributed by atoms with Crippen LogP contribution in [-0.4, -0.2) is 0 Å². The van der Waals surface area contributed by atoms with Gasteiger partial charge in [0.2, 0.25) is 0 Å². The summed E-state index contributed by atoms with van der Waals surface area (Å²) in [5.41, 5.74) is 6.92. The molecule has 2 heteroatoms. The summed E-state index contributed by atoms with van der Waals surface area (Å²) in [6.45, 7) is 0. The lowest BCUT2D eigenvalue weighted by atomic mass is 9.89. The molecule has 3 N–H and O–H groups in total. The van der Waals surface area contributed by atoms with Crippen LogP contribution >= 0.6 is 0 Å². The lowest BCUT2D eigenvalue weighted by Crippen LogP contribution is -2.33. The maximum Gasteiger partial charge on any atom is 0.0488 e. The first-order chi connectivity index (χ1) is 10.3. The Bertz CT molecular complexity index is 595. The summed E-state index contributed by atoms with van der Waals surface area (Å²) in [4.78, 5) is 0. The summed E-state index contributed by atoms with van der Waals surface area (Å²) in [5.74, 6) is 8.54. The molecule has 2 fully saturated rings. The van der Waals surface area contributed by atoms with Gasteiger partial charge in [-0.15, -0.1) is 0 Å². The van der Waals surface area contributed by atoms with Gasteiger partial charge in [-0.1, -0.05) is 54.6 Å². The Morgan fingerprint density at radius 1 is 0.810 bits per heavy atom. The second-order valence-corrected chi connectivity index (χ2v) is 6.62. The highest BCUT2D eigenvalue weighted by atomic mass is 15.2. The zero-order valence-electron chi connectivity index (χ0n) is 12.2. The van der Waals surface area contributed by atoms with E-state index in [-0.39, 0.29) is 0 Å². The second-order valence-electron chi connectivity index (χ2n) is 6.62. The molecule has 2 aromatic carbocycles. The summed E-state index contributed by atoms with van der Waals surface area (Å²) >= 11 is 0. The Balaban J connectivity index is 1.54.